The summed E-state index contributed by atoms with van der Waals surface area (Å²) in [5.41, 5.74) is 0.0320. The van der Waals surface area contributed by atoms with Crippen LogP contribution >= 0.6 is 0 Å². The van der Waals surface area contributed by atoms with Crippen LogP contribution in [0.1, 0.15) is 31.2 Å². The van der Waals surface area contributed by atoms with Crippen molar-refractivity contribution >= 4 is 6.03 Å². The third-order valence-corrected chi connectivity index (χ3v) is 3.71. The van der Waals surface area contributed by atoms with E-state index in [4.69, 9.17) is 5.11 Å². The van der Waals surface area contributed by atoms with E-state index in [9.17, 15) is 14.3 Å². The SMILES string of the molecule is O=C(NCc1ccc(O)c(F)c1)NC1(CO)CCCC1. The highest BCUT2D eigenvalue weighted by molar-refractivity contribution is 5.74. The molecule has 0 radical (unpaired) electrons. The Kier molecular flexibility index (Phi) is 4.44. The van der Waals surface area contributed by atoms with Crippen molar-refractivity contribution in [1.29, 1.82) is 0 Å². The van der Waals surface area contributed by atoms with Crippen molar-refractivity contribution in [3.8, 4) is 5.75 Å². The Hall–Kier alpha value is -1.82. The van der Waals surface area contributed by atoms with Crippen molar-refractivity contribution < 1.29 is 19.4 Å². The number of phenols is 1. The van der Waals surface area contributed by atoms with Crippen molar-refractivity contribution in [1.82, 2.24) is 10.6 Å². The lowest BCUT2D eigenvalue weighted by Crippen LogP contribution is -2.52. The fourth-order valence-electron chi connectivity index (χ4n) is 2.50. The number of urea groups is 1. The molecule has 4 N–H and O–H groups in total. The molecule has 110 valence electrons. The number of aliphatic hydroxyl groups excluding tert-OH is 1. The Morgan fingerprint density at radius 3 is 2.65 bits per heavy atom. The molecule has 1 fully saturated rings. The maximum absolute atomic E-state index is 13.1. The van der Waals surface area contributed by atoms with Gasteiger partial charge >= 0.3 is 6.03 Å². The normalized spacial score (nSPS) is 16.9. The van der Waals surface area contributed by atoms with E-state index < -0.39 is 17.1 Å². The van der Waals surface area contributed by atoms with Crippen LogP contribution in [0.3, 0.4) is 0 Å². The fraction of sp³-hybridized carbons (Fsp3) is 0.500. The van der Waals surface area contributed by atoms with E-state index in [0.717, 1.165) is 25.7 Å². The molecule has 0 aromatic heterocycles. The Morgan fingerprint density at radius 1 is 1.35 bits per heavy atom. The maximum atomic E-state index is 13.1. The van der Waals surface area contributed by atoms with E-state index in [1.165, 1.54) is 18.2 Å². The summed E-state index contributed by atoms with van der Waals surface area (Å²) in [4.78, 5) is 11.8. The molecule has 1 aromatic rings. The molecule has 0 saturated heterocycles. The minimum absolute atomic E-state index is 0.0751. The van der Waals surface area contributed by atoms with Crippen LogP contribution in [-0.4, -0.2) is 28.4 Å². The molecular weight excluding hydrogens is 263 g/mol. The number of halogens is 1. The van der Waals surface area contributed by atoms with Crippen molar-refractivity contribution in [2.24, 2.45) is 0 Å². The van der Waals surface area contributed by atoms with Gasteiger partial charge in [-0.3, -0.25) is 0 Å². The molecule has 0 heterocycles. The number of aliphatic hydroxyl groups is 1. The zero-order chi connectivity index (χ0) is 14.6. The van der Waals surface area contributed by atoms with Crippen LogP contribution in [0.2, 0.25) is 0 Å². The van der Waals surface area contributed by atoms with Gasteiger partial charge in [0.2, 0.25) is 0 Å². The standard InChI is InChI=1S/C14H19FN2O3/c15-11-7-10(3-4-12(11)19)8-16-13(20)17-14(9-18)5-1-2-6-14/h3-4,7,18-19H,1-2,5-6,8-9H2,(H2,16,17,20). The first-order chi connectivity index (χ1) is 9.54. The highest BCUT2D eigenvalue weighted by Gasteiger charge is 2.34. The summed E-state index contributed by atoms with van der Waals surface area (Å²) in [6, 6.07) is 3.58. The second kappa shape index (κ2) is 6.09. The Morgan fingerprint density at radius 2 is 2.05 bits per heavy atom. The van der Waals surface area contributed by atoms with Gasteiger partial charge in [0.1, 0.15) is 0 Å². The van der Waals surface area contributed by atoms with Gasteiger partial charge in [-0.25, -0.2) is 9.18 Å². The average molecular weight is 282 g/mol. The van der Waals surface area contributed by atoms with Gasteiger partial charge in [-0.05, 0) is 30.5 Å². The van der Waals surface area contributed by atoms with Gasteiger partial charge in [0, 0.05) is 6.54 Å². The quantitative estimate of drug-likeness (QED) is 0.677. The average Bonchev–Trinajstić information content (AvgIpc) is 2.89. The van der Waals surface area contributed by atoms with Crippen LogP contribution in [0.25, 0.3) is 0 Å². The minimum Gasteiger partial charge on any atom is -0.505 e. The molecular formula is C14H19FN2O3. The number of carbonyl (C=O) groups excluding carboxylic acids is 1. The first-order valence-electron chi connectivity index (χ1n) is 6.69. The van der Waals surface area contributed by atoms with E-state index in [1.807, 2.05) is 0 Å². The van der Waals surface area contributed by atoms with Gasteiger partial charge in [0.05, 0.1) is 12.1 Å². The van der Waals surface area contributed by atoms with Crippen LogP contribution in [0, 0.1) is 5.82 Å². The number of nitrogens with one attached hydrogen (secondary N) is 2. The first kappa shape index (κ1) is 14.6. The molecule has 1 saturated carbocycles. The van der Waals surface area contributed by atoms with Crippen LogP contribution in [0.5, 0.6) is 5.75 Å². The van der Waals surface area contributed by atoms with Crippen LogP contribution in [0.4, 0.5) is 9.18 Å². The summed E-state index contributed by atoms with van der Waals surface area (Å²) in [6.45, 7) is 0.0821. The molecule has 1 aliphatic rings. The van der Waals surface area contributed by atoms with Gasteiger partial charge in [-0.2, -0.15) is 0 Å². The summed E-state index contributed by atoms with van der Waals surface area (Å²) in [5, 5.41) is 23.9. The second-order valence-corrected chi connectivity index (χ2v) is 5.24. The zero-order valence-electron chi connectivity index (χ0n) is 11.2. The third kappa shape index (κ3) is 3.39. The summed E-state index contributed by atoms with van der Waals surface area (Å²) in [5.74, 6) is -1.13. The number of benzene rings is 1. The Labute approximate surface area is 116 Å². The molecule has 2 amide bonds. The van der Waals surface area contributed by atoms with Crippen molar-refractivity contribution in [3.63, 3.8) is 0 Å². The molecule has 1 aromatic carbocycles. The summed E-state index contributed by atoms with van der Waals surface area (Å²) < 4.78 is 13.1. The number of carbonyl (C=O) groups is 1. The van der Waals surface area contributed by atoms with Gasteiger partial charge in [0.15, 0.2) is 11.6 Å². The molecule has 6 heteroatoms. The molecule has 0 aliphatic heterocycles. The molecule has 20 heavy (non-hydrogen) atoms. The molecule has 0 atom stereocenters. The lowest BCUT2D eigenvalue weighted by Gasteiger charge is -2.28. The van der Waals surface area contributed by atoms with E-state index in [1.54, 1.807) is 0 Å². The lowest BCUT2D eigenvalue weighted by atomic mass is 9.99. The van der Waals surface area contributed by atoms with Crippen LogP contribution in [-0.2, 0) is 6.54 Å². The smallest absolute Gasteiger partial charge is 0.315 e. The topological polar surface area (TPSA) is 81.6 Å². The molecule has 0 bridgehead atoms. The zero-order valence-corrected chi connectivity index (χ0v) is 11.2. The second-order valence-electron chi connectivity index (χ2n) is 5.24. The Balaban J connectivity index is 1.87. The molecule has 1 aliphatic carbocycles. The van der Waals surface area contributed by atoms with E-state index in [0.29, 0.717) is 5.56 Å². The number of phenolic OH excluding ortho intramolecular Hbond substituents is 1. The maximum Gasteiger partial charge on any atom is 0.315 e. The van der Waals surface area contributed by atoms with Crippen molar-refractivity contribution in [2.45, 2.75) is 37.8 Å². The molecule has 0 unspecified atom stereocenters. The predicted molar refractivity (Wildman–Crippen MR) is 71.7 cm³/mol. The van der Waals surface area contributed by atoms with E-state index in [-0.39, 0.29) is 19.2 Å². The number of aromatic hydroxyl groups is 1. The van der Waals surface area contributed by atoms with Crippen molar-refractivity contribution in [2.75, 3.05) is 6.61 Å². The van der Waals surface area contributed by atoms with Crippen LogP contribution in [0.15, 0.2) is 18.2 Å². The number of rotatable bonds is 4. The molecule has 5 nitrogen and oxygen atoms in total. The Bertz CT molecular complexity index is 487. The number of amides is 2. The third-order valence-electron chi connectivity index (χ3n) is 3.71. The van der Waals surface area contributed by atoms with Crippen LogP contribution < -0.4 is 10.6 Å². The van der Waals surface area contributed by atoms with E-state index in [2.05, 4.69) is 10.6 Å². The summed E-state index contributed by atoms with van der Waals surface area (Å²) in [7, 11) is 0. The van der Waals surface area contributed by atoms with E-state index >= 15 is 0 Å². The fourth-order valence-corrected chi connectivity index (χ4v) is 2.50. The van der Waals surface area contributed by atoms with Gasteiger partial charge in [-0.15, -0.1) is 0 Å². The molecule has 2 rings (SSSR count). The summed E-state index contributed by atoms with van der Waals surface area (Å²) >= 11 is 0. The molecule has 0 spiro atoms. The minimum atomic E-state index is -0.715. The van der Waals surface area contributed by atoms with Gasteiger partial charge < -0.3 is 20.8 Å². The largest absolute Gasteiger partial charge is 0.505 e. The van der Waals surface area contributed by atoms with Gasteiger partial charge in [-0.1, -0.05) is 18.9 Å². The summed E-state index contributed by atoms with van der Waals surface area (Å²) in [6.07, 6.45) is 3.52. The highest BCUT2D eigenvalue weighted by Crippen LogP contribution is 2.28. The lowest BCUT2D eigenvalue weighted by molar-refractivity contribution is 0.162. The van der Waals surface area contributed by atoms with Crippen molar-refractivity contribution in [3.05, 3.63) is 29.6 Å². The number of hydrogen-bond acceptors (Lipinski definition) is 3. The number of hydrogen-bond donors (Lipinski definition) is 4. The highest BCUT2D eigenvalue weighted by atomic mass is 19.1. The predicted octanol–water partition coefficient (Wildman–Crippen LogP) is 1.64. The monoisotopic (exact) mass is 282 g/mol. The first-order valence-corrected chi connectivity index (χ1v) is 6.69. The van der Waals surface area contributed by atoms with Gasteiger partial charge in [0.25, 0.3) is 0 Å².